The van der Waals surface area contributed by atoms with Crippen LogP contribution in [-0.4, -0.2) is 17.5 Å². The van der Waals surface area contributed by atoms with Crippen LogP contribution in [0.25, 0.3) is 10.6 Å². The number of halogens is 3. The first-order valence-electron chi connectivity index (χ1n) is 8.09. The molecule has 0 atom stereocenters. The summed E-state index contributed by atoms with van der Waals surface area (Å²) in [4.78, 5) is 16.4. The Bertz CT molecular complexity index is 958. The molecule has 2 aromatic carbocycles. The van der Waals surface area contributed by atoms with Crippen molar-refractivity contribution in [1.29, 1.82) is 0 Å². The van der Waals surface area contributed by atoms with Crippen molar-refractivity contribution < 1.29 is 22.7 Å². The smallest absolute Gasteiger partial charge is 0.230 e. The second-order valence-electron chi connectivity index (χ2n) is 5.55. The van der Waals surface area contributed by atoms with Gasteiger partial charge >= 0.3 is 0 Å². The Kier molecular flexibility index (Phi) is 5.75. The van der Waals surface area contributed by atoms with Gasteiger partial charge in [-0.05, 0) is 43.3 Å². The molecule has 3 aromatic rings. The van der Waals surface area contributed by atoms with Crippen molar-refractivity contribution in [3.8, 4) is 16.3 Å². The van der Waals surface area contributed by atoms with Crippen LogP contribution in [0.4, 0.5) is 18.9 Å². The van der Waals surface area contributed by atoms with Gasteiger partial charge < -0.3 is 10.1 Å². The van der Waals surface area contributed by atoms with Crippen molar-refractivity contribution in [3.63, 3.8) is 0 Å². The molecule has 0 unspecified atom stereocenters. The first kappa shape index (κ1) is 18.9. The molecule has 4 nitrogen and oxygen atoms in total. The standard InChI is InChI=1S/C19H15F3N2O2S/c1-2-26-13-5-3-11(4-6-13)19-23-12(10-27-19)9-16(25)24-15-8-7-14(20)17(21)18(15)22/h3-8,10H,2,9H2,1H3,(H,24,25). The summed E-state index contributed by atoms with van der Waals surface area (Å²) in [6.07, 6.45) is -0.119. The summed E-state index contributed by atoms with van der Waals surface area (Å²) in [7, 11) is 0. The van der Waals surface area contributed by atoms with Crippen molar-refractivity contribution in [2.24, 2.45) is 0 Å². The number of anilines is 1. The number of benzene rings is 2. The van der Waals surface area contributed by atoms with Crippen LogP contribution in [0, 0.1) is 17.5 Å². The first-order valence-corrected chi connectivity index (χ1v) is 8.97. The summed E-state index contributed by atoms with van der Waals surface area (Å²) in [5.74, 6) is -4.20. The van der Waals surface area contributed by atoms with E-state index >= 15 is 0 Å². The number of ether oxygens (including phenoxy) is 1. The molecule has 1 N–H and O–H groups in total. The average Bonchev–Trinajstić information content (AvgIpc) is 3.11. The van der Waals surface area contributed by atoms with Crippen LogP contribution in [-0.2, 0) is 11.2 Å². The zero-order valence-electron chi connectivity index (χ0n) is 14.3. The van der Waals surface area contributed by atoms with Gasteiger partial charge in [0.1, 0.15) is 10.8 Å². The summed E-state index contributed by atoms with van der Waals surface area (Å²) in [6.45, 7) is 2.48. The van der Waals surface area contributed by atoms with Crippen LogP contribution in [0.1, 0.15) is 12.6 Å². The lowest BCUT2D eigenvalue weighted by Crippen LogP contribution is -2.16. The molecule has 0 aliphatic carbocycles. The number of nitrogens with zero attached hydrogens (tertiary/aromatic N) is 1. The minimum atomic E-state index is -1.63. The van der Waals surface area contributed by atoms with E-state index in [-0.39, 0.29) is 6.42 Å². The van der Waals surface area contributed by atoms with Gasteiger partial charge in [0.25, 0.3) is 0 Å². The SMILES string of the molecule is CCOc1ccc(-c2nc(CC(=O)Nc3ccc(F)c(F)c3F)cs2)cc1. The highest BCUT2D eigenvalue weighted by molar-refractivity contribution is 7.13. The Hall–Kier alpha value is -2.87. The molecule has 0 saturated heterocycles. The van der Waals surface area contributed by atoms with E-state index in [2.05, 4.69) is 10.3 Å². The fourth-order valence-corrected chi connectivity index (χ4v) is 3.19. The van der Waals surface area contributed by atoms with Crippen molar-refractivity contribution in [2.75, 3.05) is 11.9 Å². The highest BCUT2D eigenvalue weighted by Crippen LogP contribution is 2.26. The van der Waals surface area contributed by atoms with Gasteiger partial charge in [0.15, 0.2) is 17.5 Å². The number of carbonyl (C=O) groups excluding carboxylic acids is 1. The number of hydrogen-bond donors (Lipinski definition) is 1. The molecule has 0 radical (unpaired) electrons. The molecule has 1 amide bonds. The predicted molar refractivity (Wildman–Crippen MR) is 97.4 cm³/mol. The Balaban J connectivity index is 1.67. The van der Waals surface area contributed by atoms with E-state index in [1.54, 1.807) is 5.38 Å². The summed E-state index contributed by atoms with van der Waals surface area (Å²) >= 11 is 1.36. The fraction of sp³-hybridized carbons (Fsp3) is 0.158. The van der Waals surface area contributed by atoms with Crippen molar-refractivity contribution in [1.82, 2.24) is 4.98 Å². The largest absolute Gasteiger partial charge is 0.494 e. The third-order valence-electron chi connectivity index (χ3n) is 3.61. The third kappa shape index (κ3) is 4.46. The summed E-state index contributed by atoms with van der Waals surface area (Å²) in [6, 6.07) is 9.12. The van der Waals surface area contributed by atoms with Gasteiger partial charge in [-0.2, -0.15) is 0 Å². The zero-order chi connectivity index (χ0) is 19.4. The number of rotatable bonds is 6. The second kappa shape index (κ2) is 8.22. The van der Waals surface area contributed by atoms with Gasteiger partial charge in [-0.25, -0.2) is 18.2 Å². The summed E-state index contributed by atoms with van der Waals surface area (Å²) in [5, 5.41) is 4.66. The lowest BCUT2D eigenvalue weighted by atomic mass is 10.2. The van der Waals surface area contributed by atoms with E-state index < -0.39 is 29.0 Å². The third-order valence-corrected chi connectivity index (χ3v) is 4.56. The highest BCUT2D eigenvalue weighted by atomic mass is 32.1. The molecule has 0 fully saturated rings. The molecule has 3 rings (SSSR count). The maximum absolute atomic E-state index is 13.6. The molecule has 0 aliphatic rings. The van der Waals surface area contributed by atoms with Crippen LogP contribution in [0.2, 0.25) is 0 Å². The van der Waals surface area contributed by atoms with Gasteiger partial charge in [0, 0.05) is 10.9 Å². The molecule has 0 spiro atoms. The van der Waals surface area contributed by atoms with Crippen molar-refractivity contribution in [2.45, 2.75) is 13.3 Å². The number of amides is 1. The zero-order valence-corrected chi connectivity index (χ0v) is 15.1. The predicted octanol–water partition coefficient (Wildman–Crippen LogP) is 4.81. The van der Waals surface area contributed by atoms with Crippen molar-refractivity contribution >= 4 is 22.9 Å². The lowest BCUT2D eigenvalue weighted by molar-refractivity contribution is -0.115. The lowest BCUT2D eigenvalue weighted by Gasteiger charge is -2.06. The average molecular weight is 392 g/mol. The summed E-state index contributed by atoms with van der Waals surface area (Å²) < 4.78 is 45.2. The second-order valence-corrected chi connectivity index (χ2v) is 6.41. The maximum Gasteiger partial charge on any atom is 0.230 e. The van der Waals surface area contributed by atoms with Crippen molar-refractivity contribution in [3.05, 3.63) is 64.9 Å². The van der Waals surface area contributed by atoms with E-state index in [0.717, 1.165) is 28.5 Å². The van der Waals surface area contributed by atoms with Gasteiger partial charge in [-0.15, -0.1) is 11.3 Å². The quantitative estimate of drug-likeness (QED) is 0.613. The van der Waals surface area contributed by atoms with E-state index in [1.165, 1.54) is 11.3 Å². The molecule has 0 bridgehead atoms. The molecular formula is C19H15F3N2O2S. The molecule has 140 valence electrons. The first-order chi connectivity index (χ1) is 13.0. The van der Waals surface area contributed by atoms with E-state index in [9.17, 15) is 18.0 Å². The minimum absolute atomic E-state index is 0.119. The van der Waals surface area contributed by atoms with Crippen LogP contribution >= 0.6 is 11.3 Å². The van der Waals surface area contributed by atoms with Crippen LogP contribution < -0.4 is 10.1 Å². The van der Waals surface area contributed by atoms with Crippen LogP contribution in [0.5, 0.6) is 5.75 Å². The number of hydrogen-bond acceptors (Lipinski definition) is 4. The van der Waals surface area contributed by atoms with Crippen LogP contribution in [0.15, 0.2) is 41.8 Å². The number of aromatic nitrogens is 1. The molecule has 0 saturated carbocycles. The Morgan fingerprint density at radius 1 is 1.11 bits per heavy atom. The van der Waals surface area contributed by atoms with Gasteiger partial charge in [0.05, 0.1) is 24.4 Å². The Morgan fingerprint density at radius 3 is 2.56 bits per heavy atom. The maximum atomic E-state index is 13.6. The topological polar surface area (TPSA) is 51.2 Å². The van der Waals surface area contributed by atoms with E-state index in [4.69, 9.17) is 4.74 Å². The normalized spacial score (nSPS) is 10.7. The molecular weight excluding hydrogens is 377 g/mol. The highest BCUT2D eigenvalue weighted by Gasteiger charge is 2.16. The summed E-state index contributed by atoms with van der Waals surface area (Å²) in [5.41, 5.74) is 0.951. The molecule has 8 heteroatoms. The van der Waals surface area contributed by atoms with Gasteiger partial charge in [0.2, 0.25) is 5.91 Å². The molecule has 0 aliphatic heterocycles. The van der Waals surface area contributed by atoms with E-state index in [1.807, 2.05) is 31.2 Å². The molecule has 1 heterocycles. The monoisotopic (exact) mass is 392 g/mol. The van der Waals surface area contributed by atoms with E-state index in [0.29, 0.717) is 12.3 Å². The Labute approximate surface area is 157 Å². The molecule has 27 heavy (non-hydrogen) atoms. The fourth-order valence-electron chi connectivity index (χ4n) is 2.36. The molecule has 1 aromatic heterocycles. The number of nitrogens with one attached hydrogen (secondary N) is 1. The number of thiazole rings is 1. The van der Waals surface area contributed by atoms with Crippen LogP contribution in [0.3, 0.4) is 0 Å². The Morgan fingerprint density at radius 2 is 1.85 bits per heavy atom. The minimum Gasteiger partial charge on any atom is -0.494 e. The van der Waals surface area contributed by atoms with Gasteiger partial charge in [-0.3, -0.25) is 4.79 Å². The number of carbonyl (C=O) groups is 1. The van der Waals surface area contributed by atoms with Gasteiger partial charge in [-0.1, -0.05) is 0 Å².